The largest absolute Gasteiger partial charge is 0.234 e. The van der Waals surface area contributed by atoms with Crippen molar-refractivity contribution in [2.45, 2.75) is 78.4 Å². The van der Waals surface area contributed by atoms with Crippen molar-refractivity contribution in [3.05, 3.63) is 0 Å². The molecule has 1 fully saturated rings. The fraction of sp³-hybridized carbons (Fsp3) is 1.00. The van der Waals surface area contributed by atoms with Crippen molar-refractivity contribution in [1.82, 2.24) is 0 Å². The topological polar surface area (TPSA) is 36.9 Å². The zero-order valence-corrected chi connectivity index (χ0v) is 13.7. The lowest BCUT2D eigenvalue weighted by Crippen LogP contribution is -2.38. The van der Waals surface area contributed by atoms with Crippen LogP contribution in [-0.4, -0.2) is 19.0 Å². The van der Waals surface area contributed by atoms with Gasteiger partial charge in [-0.3, -0.25) is 0 Å². The molecule has 1 aliphatic carbocycles. The van der Waals surface area contributed by atoms with Gasteiger partial charge in [0.25, 0.3) is 0 Å². The van der Waals surface area contributed by atoms with Gasteiger partial charge in [-0.2, -0.15) is 9.78 Å². The third-order valence-corrected chi connectivity index (χ3v) is 3.59. The quantitative estimate of drug-likeness (QED) is 0.254. The van der Waals surface area contributed by atoms with Crippen LogP contribution in [0.5, 0.6) is 0 Å². The maximum absolute atomic E-state index is 5.58. The lowest BCUT2D eigenvalue weighted by molar-refractivity contribution is -0.517. The fourth-order valence-corrected chi connectivity index (χ4v) is 2.14. The van der Waals surface area contributed by atoms with Crippen molar-refractivity contribution in [3.63, 3.8) is 0 Å². The molecule has 0 aliphatic heterocycles. The van der Waals surface area contributed by atoms with Gasteiger partial charge in [0.05, 0.1) is 13.2 Å². The number of hydrogen-bond acceptors (Lipinski definition) is 4. The molecule has 0 bridgehead atoms. The summed E-state index contributed by atoms with van der Waals surface area (Å²) >= 11 is 0. The Morgan fingerprint density at radius 2 is 1.20 bits per heavy atom. The fourth-order valence-electron chi connectivity index (χ4n) is 2.14. The molecule has 0 N–H and O–H groups in total. The molecule has 0 unspecified atom stereocenters. The van der Waals surface area contributed by atoms with Crippen LogP contribution >= 0.6 is 0 Å². The van der Waals surface area contributed by atoms with Crippen LogP contribution in [-0.2, 0) is 19.6 Å². The summed E-state index contributed by atoms with van der Waals surface area (Å²) in [5.41, 5.74) is 0. The SMILES string of the molecule is CC(C)CCOOC1(OOCCC(C)C)CCCCC1. The van der Waals surface area contributed by atoms with Crippen LogP contribution < -0.4 is 0 Å². The van der Waals surface area contributed by atoms with Crippen molar-refractivity contribution < 1.29 is 19.6 Å². The molecule has 4 nitrogen and oxygen atoms in total. The smallest absolute Gasteiger partial charge is 0.233 e. The van der Waals surface area contributed by atoms with E-state index in [0.29, 0.717) is 25.0 Å². The summed E-state index contributed by atoms with van der Waals surface area (Å²) in [6.07, 6.45) is 7.09. The minimum Gasteiger partial charge on any atom is -0.234 e. The first kappa shape index (κ1) is 17.9. The number of hydrogen-bond donors (Lipinski definition) is 0. The molecular weight excluding hydrogens is 256 g/mol. The Labute approximate surface area is 124 Å². The summed E-state index contributed by atoms with van der Waals surface area (Å²) in [4.78, 5) is 21.9. The van der Waals surface area contributed by atoms with Gasteiger partial charge in [0, 0.05) is 12.8 Å². The van der Waals surface area contributed by atoms with Crippen LogP contribution in [0.25, 0.3) is 0 Å². The van der Waals surface area contributed by atoms with Crippen LogP contribution in [0.1, 0.15) is 72.6 Å². The Balaban J connectivity index is 2.29. The summed E-state index contributed by atoms with van der Waals surface area (Å²) in [6.45, 7) is 9.90. The average molecular weight is 288 g/mol. The van der Waals surface area contributed by atoms with E-state index >= 15 is 0 Å². The van der Waals surface area contributed by atoms with Gasteiger partial charge in [-0.15, -0.1) is 0 Å². The van der Waals surface area contributed by atoms with E-state index < -0.39 is 5.79 Å². The molecule has 0 radical (unpaired) electrons. The third-order valence-electron chi connectivity index (χ3n) is 3.59. The second kappa shape index (κ2) is 9.72. The predicted molar refractivity (Wildman–Crippen MR) is 78.8 cm³/mol. The molecule has 20 heavy (non-hydrogen) atoms. The highest BCUT2D eigenvalue weighted by Gasteiger charge is 2.37. The summed E-state index contributed by atoms with van der Waals surface area (Å²) in [7, 11) is 0. The van der Waals surface area contributed by atoms with Crippen LogP contribution in [0, 0.1) is 11.8 Å². The first-order valence-corrected chi connectivity index (χ1v) is 8.15. The van der Waals surface area contributed by atoms with E-state index in [4.69, 9.17) is 19.6 Å². The van der Waals surface area contributed by atoms with E-state index in [0.717, 1.165) is 38.5 Å². The van der Waals surface area contributed by atoms with Gasteiger partial charge in [-0.25, -0.2) is 9.78 Å². The lowest BCUT2D eigenvalue weighted by Gasteiger charge is -2.33. The average Bonchev–Trinajstić information content (AvgIpc) is 2.41. The Morgan fingerprint density at radius 3 is 1.60 bits per heavy atom. The van der Waals surface area contributed by atoms with Crippen LogP contribution in [0.15, 0.2) is 0 Å². The summed E-state index contributed by atoms with van der Waals surface area (Å²) in [5.74, 6) is 0.542. The molecule has 0 amide bonds. The maximum Gasteiger partial charge on any atom is 0.233 e. The molecular formula is C16H32O4. The third kappa shape index (κ3) is 7.58. The molecule has 0 aromatic heterocycles. The van der Waals surface area contributed by atoms with Crippen molar-refractivity contribution >= 4 is 0 Å². The summed E-state index contributed by atoms with van der Waals surface area (Å²) in [6, 6.07) is 0. The lowest BCUT2D eigenvalue weighted by atomic mass is 9.94. The van der Waals surface area contributed by atoms with Crippen molar-refractivity contribution in [2.75, 3.05) is 13.2 Å². The predicted octanol–water partition coefficient (Wildman–Crippen LogP) is 4.64. The maximum atomic E-state index is 5.58. The molecule has 1 rings (SSSR count). The van der Waals surface area contributed by atoms with Crippen LogP contribution in [0.2, 0.25) is 0 Å². The van der Waals surface area contributed by atoms with E-state index in [9.17, 15) is 0 Å². The standard InChI is InChI=1S/C16H32O4/c1-14(2)8-12-17-19-16(10-6-5-7-11-16)20-18-13-9-15(3)4/h14-15H,5-13H2,1-4H3. The molecule has 4 heteroatoms. The second-order valence-corrected chi connectivity index (χ2v) is 6.65. The Morgan fingerprint density at radius 1 is 0.750 bits per heavy atom. The van der Waals surface area contributed by atoms with Crippen molar-refractivity contribution in [2.24, 2.45) is 11.8 Å². The van der Waals surface area contributed by atoms with Crippen LogP contribution in [0.4, 0.5) is 0 Å². The minimum atomic E-state index is -0.688. The molecule has 0 atom stereocenters. The van der Waals surface area contributed by atoms with Crippen molar-refractivity contribution in [1.29, 1.82) is 0 Å². The van der Waals surface area contributed by atoms with Gasteiger partial charge < -0.3 is 0 Å². The van der Waals surface area contributed by atoms with Gasteiger partial charge in [0.2, 0.25) is 5.79 Å². The Hall–Kier alpha value is -0.160. The van der Waals surface area contributed by atoms with E-state index in [-0.39, 0.29) is 0 Å². The van der Waals surface area contributed by atoms with E-state index in [1.165, 1.54) is 6.42 Å². The molecule has 0 spiro atoms. The van der Waals surface area contributed by atoms with E-state index in [2.05, 4.69) is 27.7 Å². The molecule has 0 aromatic rings. The molecule has 1 aliphatic rings. The minimum absolute atomic E-state index is 0.606. The molecule has 0 heterocycles. The van der Waals surface area contributed by atoms with E-state index in [1.807, 2.05) is 0 Å². The number of rotatable bonds is 10. The zero-order chi connectivity index (χ0) is 14.8. The first-order valence-electron chi connectivity index (χ1n) is 8.15. The molecule has 1 saturated carbocycles. The highest BCUT2D eigenvalue weighted by molar-refractivity contribution is 4.72. The summed E-state index contributed by atoms with van der Waals surface area (Å²) < 4.78 is 0. The molecule has 120 valence electrons. The molecule has 0 saturated heterocycles. The van der Waals surface area contributed by atoms with Crippen LogP contribution in [0.3, 0.4) is 0 Å². The normalized spacial score (nSPS) is 18.9. The molecule has 0 aromatic carbocycles. The second-order valence-electron chi connectivity index (χ2n) is 6.65. The highest BCUT2D eigenvalue weighted by Crippen LogP contribution is 2.33. The summed E-state index contributed by atoms with van der Waals surface area (Å²) in [5, 5.41) is 0. The monoisotopic (exact) mass is 288 g/mol. The van der Waals surface area contributed by atoms with E-state index in [1.54, 1.807) is 0 Å². The van der Waals surface area contributed by atoms with Gasteiger partial charge in [-0.1, -0.05) is 34.1 Å². The zero-order valence-electron chi connectivity index (χ0n) is 13.7. The van der Waals surface area contributed by atoms with Gasteiger partial charge in [0.15, 0.2) is 0 Å². The van der Waals surface area contributed by atoms with Gasteiger partial charge >= 0.3 is 0 Å². The Kier molecular flexibility index (Phi) is 8.69. The highest BCUT2D eigenvalue weighted by atomic mass is 17.3. The van der Waals surface area contributed by atoms with Gasteiger partial charge in [-0.05, 0) is 37.5 Å². The van der Waals surface area contributed by atoms with Crippen molar-refractivity contribution in [3.8, 4) is 0 Å². The Bertz CT molecular complexity index is 217. The van der Waals surface area contributed by atoms with Gasteiger partial charge in [0.1, 0.15) is 0 Å². The first-order chi connectivity index (χ1) is 9.54.